The van der Waals surface area contributed by atoms with Crippen molar-refractivity contribution < 1.29 is 14.7 Å². The molecular formula is C23H27N5O3S. The van der Waals surface area contributed by atoms with Gasteiger partial charge in [0.25, 0.3) is 11.8 Å². The van der Waals surface area contributed by atoms with E-state index in [1.807, 2.05) is 26.8 Å². The van der Waals surface area contributed by atoms with Crippen molar-refractivity contribution in [3.05, 3.63) is 58.6 Å². The van der Waals surface area contributed by atoms with Crippen LogP contribution in [0.4, 0.5) is 11.6 Å². The van der Waals surface area contributed by atoms with E-state index in [-0.39, 0.29) is 18.4 Å². The minimum absolute atomic E-state index is 0.124. The molecule has 0 unspecified atom stereocenters. The zero-order valence-corrected chi connectivity index (χ0v) is 19.6. The smallest absolute Gasteiger partial charge is 0.257 e. The van der Waals surface area contributed by atoms with Crippen molar-refractivity contribution in [3.63, 3.8) is 0 Å². The maximum absolute atomic E-state index is 12.9. The quantitative estimate of drug-likeness (QED) is 0.504. The standard InChI is InChI=1S/C23H27N5O3S/c1-14-6-7-15(21(30)25-19-8-9-32-27-19)10-17(14)16-11-18(22(31)28(4)5)20(24-12-16)26-23(2,3)13-29/h6-12,29H,13H2,1-5H3,(H,24,26)(H,25,27,30). The average molecular weight is 454 g/mol. The van der Waals surface area contributed by atoms with Crippen molar-refractivity contribution in [1.82, 2.24) is 14.3 Å². The molecule has 1 aromatic carbocycles. The Balaban J connectivity index is 2.02. The van der Waals surface area contributed by atoms with Crippen LogP contribution in [0, 0.1) is 6.92 Å². The van der Waals surface area contributed by atoms with Gasteiger partial charge >= 0.3 is 0 Å². The number of rotatable bonds is 7. The first kappa shape index (κ1) is 23.4. The molecule has 8 nitrogen and oxygen atoms in total. The van der Waals surface area contributed by atoms with Crippen molar-refractivity contribution in [2.24, 2.45) is 0 Å². The molecule has 0 aliphatic heterocycles. The Hall–Kier alpha value is -3.30. The number of aliphatic hydroxyl groups is 1. The van der Waals surface area contributed by atoms with E-state index in [0.29, 0.717) is 28.3 Å². The molecule has 9 heteroatoms. The van der Waals surface area contributed by atoms with Crippen molar-refractivity contribution in [3.8, 4) is 11.1 Å². The van der Waals surface area contributed by atoms with E-state index >= 15 is 0 Å². The van der Waals surface area contributed by atoms with Gasteiger partial charge in [0.2, 0.25) is 0 Å². The fourth-order valence-corrected chi connectivity index (χ4v) is 3.49. The van der Waals surface area contributed by atoms with Crippen molar-refractivity contribution in [2.45, 2.75) is 26.3 Å². The van der Waals surface area contributed by atoms with Gasteiger partial charge in [-0.15, -0.1) is 0 Å². The number of amides is 2. The van der Waals surface area contributed by atoms with Gasteiger partial charge in [-0.1, -0.05) is 6.07 Å². The largest absolute Gasteiger partial charge is 0.394 e. The fraction of sp³-hybridized carbons (Fsp3) is 0.304. The maximum atomic E-state index is 12.9. The number of nitrogens with zero attached hydrogens (tertiary/aromatic N) is 3. The number of aromatic nitrogens is 2. The van der Waals surface area contributed by atoms with E-state index in [1.165, 1.54) is 16.4 Å². The maximum Gasteiger partial charge on any atom is 0.257 e. The van der Waals surface area contributed by atoms with E-state index < -0.39 is 5.54 Å². The first-order valence-corrected chi connectivity index (χ1v) is 10.9. The highest BCUT2D eigenvalue weighted by Gasteiger charge is 2.23. The SMILES string of the molecule is Cc1ccc(C(=O)Nc2ccsn2)cc1-c1cnc(NC(C)(C)CO)c(C(=O)N(C)C)c1. The zero-order chi connectivity index (χ0) is 23.5. The number of aliphatic hydroxyl groups excluding tert-OH is 1. The highest BCUT2D eigenvalue weighted by molar-refractivity contribution is 7.03. The lowest BCUT2D eigenvalue weighted by Gasteiger charge is -2.26. The third-order valence-electron chi connectivity index (χ3n) is 4.87. The number of aryl methyl sites for hydroxylation is 1. The summed E-state index contributed by atoms with van der Waals surface area (Å²) in [5.74, 6) is 0.412. The summed E-state index contributed by atoms with van der Waals surface area (Å²) in [6.07, 6.45) is 1.66. The second-order valence-corrected chi connectivity index (χ2v) is 9.02. The van der Waals surface area contributed by atoms with E-state index in [1.54, 1.807) is 49.9 Å². The van der Waals surface area contributed by atoms with E-state index in [4.69, 9.17) is 0 Å². The zero-order valence-electron chi connectivity index (χ0n) is 18.8. The number of hydrogen-bond acceptors (Lipinski definition) is 7. The summed E-state index contributed by atoms with van der Waals surface area (Å²) in [4.78, 5) is 31.5. The van der Waals surface area contributed by atoms with Gasteiger partial charge < -0.3 is 20.6 Å². The third-order valence-corrected chi connectivity index (χ3v) is 5.43. The van der Waals surface area contributed by atoms with Gasteiger partial charge in [-0.3, -0.25) is 9.59 Å². The molecule has 0 saturated carbocycles. The Morgan fingerprint density at radius 2 is 1.94 bits per heavy atom. The van der Waals surface area contributed by atoms with Crippen LogP contribution in [0.3, 0.4) is 0 Å². The molecule has 0 fully saturated rings. The molecule has 32 heavy (non-hydrogen) atoms. The van der Waals surface area contributed by atoms with Gasteiger partial charge in [0.1, 0.15) is 11.6 Å². The number of nitrogens with one attached hydrogen (secondary N) is 2. The first-order chi connectivity index (χ1) is 15.1. The van der Waals surface area contributed by atoms with Gasteiger partial charge in [0.15, 0.2) is 0 Å². The van der Waals surface area contributed by atoms with E-state index in [9.17, 15) is 14.7 Å². The van der Waals surface area contributed by atoms with Crippen LogP contribution in [0.25, 0.3) is 11.1 Å². The number of carbonyl (C=O) groups is 2. The van der Waals surface area contributed by atoms with Gasteiger partial charge in [-0.05, 0) is 67.7 Å². The number of pyridine rings is 1. The van der Waals surface area contributed by atoms with Crippen LogP contribution >= 0.6 is 11.5 Å². The predicted octanol–water partition coefficient (Wildman–Crippen LogP) is 3.65. The summed E-state index contributed by atoms with van der Waals surface area (Å²) >= 11 is 1.26. The Morgan fingerprint density at radius 3 is 2.56 bits per heavy atom. The summed E-state index contributed by atoms with van der Waals surface area (Å²) in [5.41, 5.74) is 2.65. The molecule has 3 N–H and O–H groups in total. The van der Waals surface area contributed by atoms with Crippen molar-refractivity contribution in [1.29, 1.82) is 0 Å². The normalized spacial score (nSPS) is 11.2. The molecule has 0 aliphatic carbocycles. The minimum Gasteiger partial charge on any atom is -0.394 e. The predicted molar refractivity (Wildman–Crippen MR) is 127 cm³/mol. The second-order valence-electron chi connectivity index (χ2n) is 8.36. The molecule has 2 amide bonds. The Morgan fingerprint density at radius 1 is 1.19 bits per heavy atom. The molecule has 3 rings (SSSR count). The average Bonchev–Trinajstić information content (AvgIpc) is 3.26. The molecule has 0 radical (unpaired) electrons. The molecule has 0 spiro atoms. The minimum atomic E-state index is -0.653. The van der Waals surface area contributed by atoms with E-state index in [2.05, 4.69) is 20.0 Å². The molecule has 0 saturated heterocycles. The van der Waals surface area contributed by atoms with Crippen LogP contribution < -0.4 is 10.6 Å². The third kappa shape index (κ3) is 5.30. The Labute approximate surface area is 191 Å². The second kappa shape index (κ2) is 9.46. The Kier molecular flexibility index (Phi) is 6.90. The van der Waals surface area contributed by atoms with Crippen LogP contribution in [0.5, 0.6) is 0 Å². The monoisotopic (exact) mass is 453 g/mol. The Bertz CT molecular complexity index is 1130. The number of carbonyl (C=O) groups excluding carboxylic acids is 2. The molecule has 2 heterocycles. The number of hydrogen-bond donors (Lipinski definition) is 3. The van der Waals surface area contributed by atoms with Gasteiger partial charge in [0, 0.05) is 36.8 Å². The summed E-state index contributed by atoms with van der Waals surface area (Å²) in [7, 11) is 3.34. The molecule has 2 aromatic heterocycles. The highest BCUT2D eigenvalue weighted by Crippen LogP contribution is 2.29. The van der Waals surface area contributed by atoms with Crippen LogP contribution in [0.2, 0.25) is 0 Å². The van der Waals surface area contributed by atoms with Crippen LogP contribution in [-0.4, -0.2) is 57.4 Å². The molecule has 3 aromatic rings. The molecule has 0 bridgehead atoms. The van der Waals surface area contributed by atoms with Gasteiger partial charge in [-0.25, -0.2) is 4.98 Å². The van der Waals surface area contributed by atoms with Gasteiger partial charge in [0.05, 0.1) is 17.7 Å². The summed E-state index contributed by atoms with van der Waals surface area (Å²) < 4.78 is 4.11. The van der Waals surface area contributed by atoms with Crippen LogP contribution in [0.1, 0.15) is 40.1 Å². The van der Waals surface area contributed by atoms with Crippen molar-refractivity contribution in [2.75, 3.05) is 31.3 Å². The fourth-order valence-electron chi connectivity index (χ4n) is 3.02. The summed E-state index contributed by atoms with van der Waals surface area (Å²) in [5, 5.41) is 17.3. The lowest BCUT2D eigenvalue weighted by molar-refractivity contribution is 0.0827. The number of anilines is 2. The van der Waals surface area contributed by atoms with Crippen LogP contribution in [0.15, 0.2) is 41.9 Å². The van der Waals surface area contributed by atoms with E-state index in [0.717, 1.165) is 11.1 Å². The molecule has 0 aliphatic rings. The lowest BCUT2D eigenvalue weighted by atomic mass is 9.97. The highest BCUT2D eigenvalue weighted by atomic mass is 32.1. The molecular weight excluding hydrogens is 426 g/mol. The lowest BCUT2D eigenvalue weighted by Crippen LogP contribution is -2.36. The summed E-state index contributed by atoms with van der Waals surface area (Å²) in [6, 6.07) is 8.89. The van der Waals surface area contributed by atoms with Crippen LogP contribution in [-0.2, 0) is 0 Å². The molecule has 168 valence electrons. The topological polar surface area (TPSA) is 107 Å². The summed E-state index contributed by atoms with van der Waals surface area (Å²) in [6.45, 7) is 5.45. The number of benzene rings is 1. The van der Waals surface area contributed by atoms with Gasteiger partial charge in [-0.2, -0.15) is 4.37 Å². The first-order valence-electron chi connectivity index (χ1n) is 10.0. The van der Waals surface area contributed by atoms with Crippen molar-refractivity contribution >= 4 is 35.0 Å². The molecule has 0 atom stereocenters.